The average molecular weight is 419 g/mol. The summed E-state index contributed by atoms with van der Waals surface area (Å²) >= 11 is 1.07. The predicted octanol–water partition coefficient (Wildman–Crippen LogP) is 2.49. The van der Waals surface area contributed by atoms with E-state index in [-0.39, 0.29) is 12.3 Å². The van der Waals surface area contributed by atoms with Gasteiger partial charge in [-0.05, 0) is 38.1 Å². The Labute approximate surface area is 171 Å². The van der Waals surface area contributed by atoms with Crippen LogP contribution < -0.4 is 15.4 Å². The molecule has 1 aromatic carbocycles. The second-order valence-electron chi connectivity index (χ2n) is 5.53. The van der Waals surface area contributed by atoms with E-state index < -0.39 is 17.8 Å². The smallest absolute Gasteiger partial charge is 0.356 e. The Hall–Kier alpha value is -3.40. The predicted molar refractivity (Wildman–Crippen MR) is 107 cm³/mol. The number of carbonyl (C=O) groups excluding carboxylic acids is 3. The normalized spacial score (nSPS) is 10.8. The number of amides is 1. The standard InChI is InChI=1S/C19H21N3O6S/c1-5-28-18(25)15-11(2)21-19(29-15)20-10-14(17(24)27-4)22-16(23)12-6-8-13(26-3)9-7-12/h6-10H,5H2,1-4H3,(H,20,21)(H,22,23)/b14-10-. The summed E-state index contributed by atoms with van der Waals surface area (Å²) in [6, 6.07) is 6.38. The molecule has 2 N–H and O–H groups in total. The van der Waals surface area contributed by atoms with Crippen molar-refractivity contribution < 1.29 is 28.6 Å². The highest BCUT2D eigenvalue weighted by atomic mass is 32.1. The van der Waals surface area contributed by atoms with Gasteiger partial charge in [0.15, 0.2) is 5.13 Å². The van der Waals surface area contributed by atoms with Gasteiger partial charge in [-0.1, -0.05) is 11.3 Å². The van der Waals surface area contributed by atoms with E-state index in [0.717, 1.165) is 11.3 Å². The number of methoxy groups -OCH3 is 2. The Bertz CT molecular complexity index is 921. The molecule has 0 aliphatic rings. The van der Waals surface area contributed by atoms with Gasteiger partial charge in [0.25, 0.3) is 5.91 Å². The minimum Gasteiger partial charge on any atom is -0.497 e. The molecule has 1 heterocycles. The molecule has 0 aliphatic heterocycles. The van der Waals surface area contributed by atoms with Crippen LogP contribution in [0.1, 0.15) is 32.6 Å². The van der Waals surface area contributed by atoms with E-state index in [9.17, 15) is 14.4 Å². The Morgan fingerprint density at radius 2 is 1.86 bits per heavy atom. The molecule has 0 saturated heterocycles. The monoisotopic (exact) mass is 419 g/mol. The fraction of sp³-hybridized carbons (Fsp3) is 0.263. The minimum absolute atomic E-state index is 0.126. The fourth-order valence-electron chi connectivity index (χ4n) is 2.17. The molecular weight excluding hydrogens is 398 g/mol. The molecule has 154 valence electrons. The van der Waals surface area contributed by atoms with Crippen LogP contribution in [0.5, 0.6) is 5.75 Å². The summed E-state index contributed by atoms with van der Waals surface area (Å²) < 4.78 is 14.7. The number of benzene rings is 1. The largest absolute Gasteiger partial charge is 0.497 e. The Balaban J connectivity index is 2.16. The number of hydrogen-bond acceptors (Lipinski definition) is 9. The molecular formula is C19H21N3O6S. The van der Waals surface area contributed by atoms with E-state index in [2.05, 4.69) is 15.6 Å². The summed E-state index contributed by atoms with van der Waals surface area (Å²) in [5.41, 5.74) is 0.695. The quantitative estimate of drug-likeness (QED) is 0.495. The van der Waals surface area contributed by atoms with Crippen LogP contribution in [0.3, 0.4) is 0 Å². The molecule has 0 unspecified atom stereocenters. The van der Waals surface area contributed by atoms with Crippen molar-refractivity contribution in [2.24, 2.45) is 0 Å². The SMILES string of the molecule is CCOC(=O)c1sc(N/C=C(\NC(=O)c2ccc(OC)cc2)C(=O)OC)nc1C. The highest BCUT2D eigenvalue weighted by molar-refractivity contribution is 7.17. The van der Waals surface area contributed by atoms with Gasteiger partial charge in [-0.15, -0.1) is 0 Å². The molecule has 0 bridgehead atoms. The third-order valence-corrected chi connectivity index (χ3v) is 4.67. The molecule has 0 aliphatic carbocycles. The van der Waals surface area contributed by atoms with Crippen LogP contribution >= 0.6 is 11.3 Å². The number of anilines is 1. The number of ether oxygens (including phenoxy) is 3. The van der Waals surface area contributed by atoms with Crippen molar-refractivity contribution >= 4 is 34.3 Å². The van der Waals surface area contributed by atoms with Gasteiger partial charge in [-0.3, -0.25) is 4.79 Å². The number of aryl methyl sites for hydroxylation is 1. The van der Waals surface area contributed by atoms with E-state index in [0.29, 0.717) is 27.0 Å². The summed E-state index contributed by atoms with van der Waals surface area (Å²) in [6.07, 6.45) is 1.25. The Kier molecular flexibility index (Phi) is 7.72. The van der Waals surface area contributed by atoms with Gasteiger partial charge in [0.05, 0.1) is 26.5 Å². The zero-order chi connectivity index (χ0) is 21.4. The van der Waals surface area contributed by atoms with Crippen molar-refractivity contribution in [1.82, 2.24) is 10.3 Å². The third kappa shape index (κ3) is 5.79. The zero-order valence-electron chi connectivity index (χ0n) is 16.4. The second-order valence-corrected chi connectivity index (χ2v) is 6.53. The summed E-state index contributed by atoms with van der Waals surface area (Å²) in [4.78, 5) is 40.9. The average Bonchev–Trinajstić information content (AvgIpc) is 3.11. The van der Waals surface area contributed by atoms with Gasteiger partial charge in [0, 0.05) is 11.8 Å². The zero-order valence-corrected chi connectivity index (χ0v) is 17.2. The first-order valence-electron chi connectivity index (χ1n) is 8.54. The molecule has 1 amide bonds. The molecule has 29 heavy (non-hydrogen) atoms. The number of nitrogens with zero attached hydrogens (tertiary/aromatic N) is 1. The maximum absolute atomic E-state index is 12.4. The minimum atomic E-state index is -0.752. The number of rotatable bonds is 8. The Morgan fingerprint density at radius 3 is 2.45 bits per heavy atom. The highest BCUT2D eigenvalue weighted by Crippen LogP contribution is 2.23. The number of carbonyl (C=O) groups is 3. The molecule has 0 radical (unpaired) electrons. The summed E-state index contributed by atoms with van der Waals surface area (Å²) in [7, 11) is 2.72. The van der Waals surface area contributed by atoms with E-state index in [4.69, 9.17) is 14.2 Å². The third-order valence-electron chi connectivity index (χ3n) is 3.60. The lowest BCUT2D eigenvalue weighted by molar-refractivity contribution is -0.136. The highest BCUT2D eigenvalue weighted by Gasteiger charge is 2.18. The van der Waals surface area contributed by atoms with Gasteiger partial charge >= 0.3 is 11.9 Å². The van der Waals surface area contributed by atoms with Crippen molar-refractivity contribution in [3.8, 4) is 5.75 Å². The summed E-state index contributed by atoms with van der Waals surface area (Å²) in [5.74, 6) is -1.13. The lowest BCUT2D eigenvalue weighted by Gasteiger charge is -2.09. The molecule has 1 aromatic heterocycles. The van der Waals surface area contributed by atoms with E-state index in [1.807, 2.05) is 0 Å². The number of esters is 2. The van der Waals surface area contributed by atoms with Crippen LogP contribution in [0.4, 0.5) is 5.13 Å². The van der Waals surface area contributed by atoms with Crippen LogP contribution in [0.15, 0.2) is 36.2 Å². The molecule has 0 fully saturated rings. The fourth-order valence-corrected chi connectivity index (χ4v) is 3.00. The molecule has 2 rings (SSSR count). The Morgan fingerprint density at radius 1 is 1.17 bits per heavy atom. The van der Waals surface area contributed by atoms with E-state index >= 15 is 0 Å². The van der Waals surface area contributed by atoms with E-state index in [1.54, 1.807) is 38.1 Å². The van der Waals surface area contributed by atoms with E-state index in [1.165, 1.54) is 20.4 Å². The van der Waals surface area contributed by atoms with Gasteiger partial charge in [0.2, 0.25) is 0 Å². The first-order valence-corrected chi connectivity index (χ1v) is 9.36. The van der Waals surface area contributed by atoms with Gasteiger partial charge in [-0.25, -0.2) is 14.6 Å². The molecule has 0 spiro atoms. The molecule has 10 heteroatoms. The second kappa shape index (κ2) is 10.2. The maximum Gasteiger partial charge on any atom is 0.356 e. The van der Waals surface area contributed by atoms with Crippen LogP contribution in [0, 0.1) is 6.92 Å². The van der Waals surface area contributed by atoms with Gasteiger partial charge in [0.1, 0.15) is 16.3 Å². The van der Waals surface area contributed by atoms with Gasteiger partial charge < -0.3 is 24.8 Å². The first-order chi connectivity index (χ1) is 13.9. The lowest BCUT2D eigenvalue weighted by atomic mass is 10.2. The van der Waals surface area contributed by atoms with Crippen molar-refractivity contribution in [2.45, 2.75) is 13.8 Å². The van der Waals surface area contributed by atoms with Crippen LogP contribution in [0.25, 0.3) is 0 Å². The topological polar surface area (TPSA) is 116 Å². The molecule has 0 saturated carbocycles. The van der Waals surface area contributed by atoms with Crippen LogP contribution in [-0.2, 0) is 14.3 Å². The summed E-state index contributed by atoms with van der Waals surface area (Å²) in [5, 5.41) is 5.63. The van der Waals surface area contributed by atoms with Crippen LogP contribution in [-0.4, -0.2) is 43.7 Å². The van der Waals surface area contributed by atoms with Crippen molar-refractivity contribution in [1.29, 1.82) is 0 Å². The summed E-state index contributed by atoms with van der Waals surface area (Å²) in [6.45, 7) is 3.64. The molecule has 2 aromatic rings. The lowest BCUT2D eigenvalue weighted by Crippen LogP contribution is -2.28. The van der Waals surface area contributed by atoms with Crippen molar-refractivity contribution in [3.05, 3.63) is 52.3 Å². The molecule has 9 nitrogen and oxygen atoms in total. The number of aromatic nitrogens is 1. The number of hydrogen-bond donors (Lipinski definition) is 2. The van der Waals surface area contributed by atoms with Crippen molar-refractivity contribution in [2.75, 3.05) is 26.1 Å². The number of thiazole rings is 1. The first kappa shape index (κ1) is 21.9. The van der Waals surface area contributed by atoms with Gasteiger partial charge in [-0.2, -0.15) is 0 Å². The maximum atomic E-state index is 12.4. The van der Waals surface area contributed by atoms with Crippen LogP contribution in [0.2, 0.25) is 0 Å². The van der Waals surface area contributed by atoms with Crippen molar-refractivity contribution in [3.63, 3.8) is 0 Å². The number of nitrogens with one attached hydrogen (secondary N) is 2. The molecule has 0 atom stereocenters.